The van der Waals surface area contributed by atoms with E-state index in [1.54, 1.807) is 18.2 Å². The molecule has 0 saturated heterocycles. The molecule has 2 aromatic rings. The van der Waals surface area contributed by atoms with Gasteiger partial charge in [0.25, 0.3) is 0 Å². The van der Waals surface area contributed by atoms with Crippen LogP contribution in [0, 0.1) is 6.92 Å². The second kappa shape index (κ2) is 5.97. The molecule has 0 aromatic heterocycles. The molecule has 112 valence electrons. The van der Waals surface area contributed by atoms with E-state index in [2.05, 4.69) is 21.2 Å². The molecular weight excluding hydrogens is 347 g/mol. The minimum absolute atomic E-state index is 0.119. The summed E-state index contributed by atoms with van der Waals surface area (Å²) in [7, 11) is 0. The fourth-order valence-corrected chi connectivity index (χ4v) is 2.33. The van der Waals surface area contributed by atoms with Crippen molar-refractivity contribution in [3.63, 3.8) is 0 Å². The average Bonchev–Trinajstić information content (AvgIpc) is 2.40. The van der Waals surface area contributed by atoms with Crippen LogP contribution in [0.4, 0.5) is 18.9 Å². The molecule has 0 bridgehead atoms. The Bertz CT molecular complexity index is 656. The summed E-state index contributed by atoms with van der Waals surface area (Å²) >= 11 is 3.19. The van der Waals surface area contributed by atoms with Crippen molar-refractivity contribution in [2.75, 3.05) is 5.32 Å². The number of phenolic OH excluding ortho intramolecular Hbond substituents is 1. The molecular formula is C15H13BrF3NO. The van der Waals surface area contributed by atoms with Crippen LogP contribution in [0.2, 0.25) is 0 Å². The number of alkyl halides is 3. The molecule has 0 heterocycles. The van der Waals surface area contributed by atoms with Gasteiger partial charge in [-0.25, -0.2) is 0 Å². The molecule has 21 heavy (non-hydrogen) atoms. The third-order valence-corrected chi connectivity index (χ3v) is 3.69. The van der Waals surface area contributed by atoms with Gasteiger partial charge in [0.1, 0.15) is 5.75 Å². The van der Waals surface area contributed by atoms with Gasteiger partial charge in [-0.3, -0.25) is 0 Å². The summed E-state index contributed by atoms with van der Waals surface area (Å²) in [6, 6.07) is 9.09. The van der Waals surface area contributed by atoms with Crippen molar-refractivity contribution in [2.45, 2.75) is 19.6 Å². The van der Waals surface area contributed by atoms with Crippen LogP contribution in [0.5, 0.6) is 5.75 Å². The summed E-state index contributed by atoms with van der Waals surface area (Å²) in [5.41, 5.74) is 0.797. The molecule has 0 saturated carbocycles. The highest BCUT2D eigenvalue weighted by atomic mass is 79.9. The number of phenols is 1. The maximum absolute atomic E-state index is 12.8. The van der Waals surface area contributed by atoms with Crippen molar-refractivity contribution < 1.29 is 18.3 Å². The van der Waals surface area contributed by atoms with Crippen LogP contribution in [0.25, 0.3) is 0 Å². The van der Waals surface area contributed by atoms with Gasteiger partial charge in [0, 0.05) is 12.2 Å². The number of aromatic hydroxyl groups is 1. The summed E-state index contributed by atoms with van der Waals surface area (Å²) in [4.78, 5) is 0. The molecule has 2 nitrogen and oxygen atoms in total. The van der Waals surface area contributed by atoms with E-state index in [4.69, 9.17) is 0 Å². The highest BCUT2D eigenvalue weighted by molar-refractivity contribution is 9.10. The van der Waals surface area contributed by atoms with Crippen LogP contribution in [0.3, 0.4) is 0 Å². The molecule has 0 unspecified atom stereocenters. The van der Waals surface area contributed by atoms with Crippen LogP contribution in [0.15, 0.2) is 40.9 Å². The number of benzene rings is 2. The van der Waals surface area contributed by atoms with E-state index >= 15 is 0 Å². The second-order valence-corrected chi connectivity index (χ2v) is 5.52. The molecule has 0 spiro atoms. The van der Waals surface area contributed by atoms with E-state index in [0.717, 1.165) is 11.6 Å². The summed E-state index contributed by atoms with van der Waals surface area (Å²) in [5, 5.41) is 12.3. The van der Waals surface area contributed by atoms with Crippen LogP contribution in [-0.4, -0.2) is 5.11 Å². The SMILES string of the molecule is Cc1ccc(NCc2ccc(O)c(Br)c2)cc1C(F)(F)F. The van der Waals surface area contributed by atoms with Gasteiger partial charge >= 0.3 is 6.18 Å². The molecule has 2 aromatic carbocycles. The second-order valence-electron chi connectivity index (χ2n) is 4.67. The van der Waals surface area contributed by atoms with E-state index in [1.165, 1.54) is 19.1 Å². The highest BCUT2D eigenvalue weighted by Gasteiger charge is 2.32. The van der Waals surface area contributed by atoms with E-state index < -0.39 is 11.7 Å². The zero-order chi connectivity index (χ0) is 15.6. The monoisotopic (exact) mass is 359 g/mol. The molecule has 2 N–H and O–H groups in total. The number of rotatable bonds is 3. The molecule has 2 rings (SSSR count). The number of aryl methyl sites for hydroxylation is 1. The van der Waals surface area contributed by atoms with Gasteiger partial charge in [0.05, 0.1) is 10.0 Å². The Balaban J connectivity index is 2.15. The van der Waals surface area contributed by atoms with Crippen LogP contribution in [0.1, 0.15) is 16.7 Å². The molecule has 0 aliphatic carbocycles. The number of hydrogen-bond acceptors (Lipinski definition) is 2. The normalized spacial score (nSPS) is 11.5. The smallest absolute Gasteiger partial charge is 0.416 e. The van der Waals surface area contributed by atoms with Crippen molar-refractivity contribution in [1.82, 2.24) is 0 Å². The first-order valence-electron chi connectivity index (χ1n) is 6.16. The lowest BCUT2D eigenvalue weighted by Crippen LogP contribution is -2.09. The summed E-state index contributed by atoms with van der Waals surface area (Å²) in [6.07, 6.45) is -4.36. The number of anilines is 1. The van der Waals surface area contributed by atoms with Gasteiger partial charge in [0.2, 0.25) is 0 Å². The molecule has 0 amide bonds. The van der Waals surface area contributed by atoms with Crippen molar-refractivity contribution in [3.8, 4) is 5.75 Å². The Labute approximate surface area is 128 Å². The van der Waals surface area contributed by atoms with E-state index in [-0.39, 0.29) is 11.3 Å². The molecule has 0 atom stereocenters. The summed E-state index contributed by atoms with van der Waals surface area (Å²) in [6.45, 7) is 1.79. The first kappa shape index (κ1) is 15.7. The predicted molar refractivity (Wildman–Crippen MR) is 79.3 cm³/mol. The quantitative estimate of drug-likeness (QED) is 0.799. The molecule has 0 aliphatic heterocycles. The van der Waals surface area contributed by atoms with Crippen LogP contribution in [-0.2, 0) is 12.7 Å². The van der Waals surface area contributed by atoms with Crippen LogP contribution >= 0.6 is 15.9 Å². The van der Waals surface area contributed by atoms with E-state index in [0.29, 0.717) is 16.7 Å². The van der Waals surface area contributed by atoms with Gasteiger partial charge in [-0.1, -0.05) is 12.1 Å². The maximum atomic E-state index is 12.8. The Morgan fingerprint density at radius 1 is 1.14 bits per heavy atom. The topological polar surface area (TPSA) is 32.3 Å². The lowest BCUT2D eigenvalue weighted by atomic mass is 10.1. The predicted octanol–water partition coefficient (Wildman–Crippen LogP) is 5.09. The molecule has 0 fully saturated rings. The highest BCUT2D eigenvalue weighted by Crippen LogP contribution is 2.33. The zero-order valence-corrected chi connectivity index (χ0v) is 12.7. The Kier molecular flexibility index (Phi) is 4.46. The van der Waals surface area contributed by atoms with Gasteiger partial charge in [0.15, 0.2) is 0 Å². The van der Waals surface area contributed by atoms with Crippen LogP contribution < -0.4 is 5.32 Å². The third kappa shape index (κ3) is 3.91. The maximum Gasteiger partial charge on any atom is 0.416 e. The fraction of sp³-hybridized carbons (Fsp3) is 0.200. The van der Waals surface area contributed by atoms with Crippen molar-refractivity contribution in [2.24, 2.45) is 0 Å². The Morgan fingerprint density at radius 2 is 1.86 bits per heavy atom. The summed E-state index contributed by atoms with van der Waals surface area (Å²) in [5.74, 6) is 0.119. The lowest BCUT2D eigenvalue weighted by molar-refractivity contribution is -0.138. The van der Waals surface area contributed by atoms with Gasteiger partial charge in [-0.2, -0.15) is 13.2 Å². The third-order valence-electron chi connectivity index (χ3n) is 3.05. The average molecular weight is 360 g/mol. The molecule has 0 radical (unpaired) electrons. The number of hydrogen-bond donors (Lipinski definition) is 2. The van der Waals surface area contributed by atoms with Crippen molar-refractivity contribution >= 4 is 21.6 Å². The largest absolute Gasteiger partial charge is 0.507 e. The van der Waals surface area contributed by atoms with E-state index in [9.17, 15) is 18.3 Å². The molecule has 0 aliphatic rings. The number of nitrogens with one attached hydrogen (secondary N) is 1. The first-order valence-corrected chi connectivity index (χ1v) is 6.96. The lowest BCUT2D eigenvalue weighted by Gasteiger charge is -2.13. The minimum Gasteiger partial charge on any atom is -0.507 e. The Hall–Kier alpha value is -1.69. The minimum atomic E-state index is -4.36. The van der Waals surface area contributed by atoms with Crippen molar-refractivity contribution in [3.05, 3.63) is 57.6 Å². The number of halogens is 4. The van der Waals surface area contributed by atoms with Gasteiger partial charge in [-0.15, -0.1) is 0 Å². The van der Waals surface area contributed by atoms with Gasteiger partial charge < -0.3 is 10.4 Å². The van der Waals surface area contributed by atoms with E-state index in [1.807, 2.05) is 0 Å². The standard InChI is InChI=1S/C15H13BrF3NO/c1-9-2-4-11(7-12(9)15(17,18)19)20-8-10-3-5-14(21)13(16)6-10/h2-7,20-21H,8H2,1H3. The van der Waals surface area contributed by atoms with Crippen molar-refractivity contribution in [1.29, 1.82) is 0 Å². The molecule has 6 heteroatoms. The fourth-order valence-electron chi connectivity index (χ4n) is 1.90. The van der Waals surface area contributed by atoms with Gasteiger partial charge in [-0.05, 0) is 58.2 Å². The first-order chi connectivity index (χ1) is 9.77. The zero-order valence-electron chi connectivity index (χ0n) is 11.1. The summed E-state index contributed by atoms with van der Waals surface area (Å²) < 4.78 is 39.0. The Morgan fingerprint density at radius 3 is 2.48 bits per heavy atom.